The maximum atomic E-state index is 9.95. The van der Waals surface area contributed by atoms with Crippen molar-refractivity contribution in [1.29, 1.82) is 0 Å². The highest BCUT2D eigenvalue weighted by molar-refractivity contribution is 4.78. The monoisotopic (exact) mass is 214 g/mol. The Bertz CT molecular complexity index is 189. The van der Waals surface area contributed by atoms with Crippen molar-refractivity contribution in [2.75, 3.05) is 6.61 Å². The smallest absolute Gasteiger partial charge is 0.0838 e. The van der Waals surface area contributed by atoms with Gasteiger partial charge in [0.05, 0.1) is 24.4 Å². The second-order valence-corrected chi connectivity index (χ2v) is 4.84. The van der Waals surface area contributed by atoms with Crippen LogP contribution in [0.25, 0.3) is 0 Å². The highest BCUT2D eigenvalue weighted by Crippen LogP contribution is 2.25. The molecule has 3 nitrogen and oxygen atoms in total. The zero-order valence-electron chi connectivity index (χ0n) is 9.52. The predicted molar refractivity (Wildman–Crippen MR) is 57.8 cm³/mol. The molecule has 0 radical (unpaired) electrons. The largest absolute Gasteiger partial charge is 0.390 e. The van der Waals surface area contributed by atoms with E-state index >= 15 is 0 Å². The summed E-state index contributed by atoms with van der Waals surface area (Å²) in [4.78, 5) is 0. The van der Waals surface area contributed by atoms with Gasteiger partial charge >= 0.3 is 0 Å². The van der Waals surface area contributed by atoms with Crippen molar-refractivity contribution in [3.05, 3.63) is 0 Å². The Morgan fingerprint density at radius 1 is 1.33 bits per heavy atom. The lowest BCUT2D eigenvalue weighted by atomic mass is 10.0. The topological polar surface area (TPSA) is 38.7 Å². The third-order valence-corrected chi connectivity index (χ3v) is 3.50. The van der Waals surface area contributed by atoms with E-state index in [0.29, 0.717) is 12.2 Å². The Labute approximate surface area is 91.8 Å². The second-order valence-electron chi connectivity index (χ2n) is 4.84. The Balaban J connectivity index is 1.65. The van der Waals surface area contributed by atoms with Crippen LogP contribution in [0.1, 0.15) is 45.4 Å². The third-order valence-electron chi connectivity index (χ3n) is 3.50. The van der Waals surface area contributed by atoms with Gasteiger partial charge in [-0.3, -0.25) is 0 Å². The highest BCUT2D eigenvalue weighted by atomic mass is 16.5. The van der Waals surface area contributed by atoms with Crippen LogP contribution in [0.3, 0.4) is 0 Å². The van der Waals surface area contributed by atoms with Crippen molar-refractivity contribution >= 4 is 0 Å². The Hall–Kier alpha value is -0.120. The summed E-state index contributed by atoms with van der Waals surface area (Å²) in [7, 11) is 0. The van der Waals surface area contributed by atoms with Crippen LogP contribution in [0.15, 0.2) is 0 Å². The fourth-order valence-corrected chi connectivity index (χ4v) is 2.53. The Kier molecular flexibility index (Phi) is 4.00. The molecular weight excluding hydrogens is 192 g/mol. The van der Waals surface area contributed by atoms with Crippen LogP contribution in [0.2, 0.25) is 0 Å². The molecule has 0 spiro atoms. The minimum atomic E-state index is -0.292. The predicted octanol–water partition coefficient (Wildman–Crippen LogP) is 1.87. The first-order chi connectivity index (χ1) is 7.25. The molecule has 0 aromatic rings. The van der Waals surface area contributed by atoms with Crippen LogP contribution < -0.4 is 0 Å². The molecule has 2 heterocycles. The maximum Gasteiger partial charge on any atom is 0.0838 e. The number of aliphatic hydroxyl groups excluding tert-OH is 1. The van der Waals surface area contributed by atoms with Gasteiger partial charge in [-0.15, -0.1) is 0 Å². The summed E-state index contributed by atoms with van der Waals surface area (Å²) >= 11 is 0. The van der Waals surface area contributed by atoms with Crippen LogP contribution in [-0.4, -0.2) is 36.1 Å². The summed E-state index contributed by atoms with van der Waals surface area (Å²) in [5.41, 5.74) is 0. The standard InChI is InChI=1S/C12H22O3/c1-9-4-7-12(15-9)11(13)6-5-10-3-2-8-14-10/h9-13H,2-8H2,1H3. The van der Waals surface area contributed by atoms with Gasteiger partial charge in [0.2, 0.25) is 0 Å². The van der Waals surface area contributed by atoms with Gasteiger partial charge in [0.25, 0.3) is 0 Å². The molecule has 2 aliphatic heterocycles. The van der Waals surface area contributed by atoms with E-state index in [4.69, 9.17) is 9.47 Å². The maximum absolute atomic E-state index is 9.95. The van der Waals surface area contributed by atoms with Crippen LogP contribution in [-0.2, 0) is 9.47 Å². The number of ether oxygens (including phenoxy) is 2. The van der Waals surface area contributed by atoms with E-state index in [1.807, 2.05) is 0 Å². The molecule has 0 aromatic carbocycles. The minimum Gasteiger partial charge on any atom is -0.390 e. The summed E-state index contributed by atoms with van der Waals surface area (Å²) in [6, 6.07) is 0. The minimum absolute atomic E-state index is 0.0707. The molecule has 0 saturated carbocycles. The van der Waals surface area contributed by atoms with E-state index in [1.54, 1.807) is 0 Å². The highest BCUT2D eigenvalue weighted by Gasteiger charge is 2.29. The van der Waals surface area contributed by atoms with E-state index in [9.17, 15) is 5.11 Å². The van der Waals surface area contributed by atoms with Crippen LogP contribution in [0, 0.1) is 0 Å². The van der Waals surface area contributed by atoms with Gasteiger partial charge in [-0.05, 0) is 45.4 Å². The number of aliphatic hydroxyl groups is 1. The normalized spacial score (nSPS) is 38.4. The van der Waals surface area contributed by atoms with Crippen molar-refractivity contribution < 1.29 is 14.6 Å². The summed E-state index contributed by atoms with van der Waals surface area (Å²) < 4.78 is 11.2. The first-order valence-corrected chi connectivity index (χ1v) is 6.21. The molecule has 4 atom stereocenters. The molecule has 2 rings (SSSR count). The summed E-state index contributed by atoms with van der Waals surface area (Å²) in [6.07, 6.45) is 6.73. The fraction of sp³-hybridized carbons (Fsp3) is 1.00. The SMILES string of the molecule is CC1CCC(C(O)CCC2CCCO2)O1. The average Bonchev–Trinajstić information content (AvgIpc) is 2.84. The van der Waals surface area contributed by atoms with Gasteiger partial charge in [-0.25, -0.2) is 0 Å². The van der Waals surface area contributed by atoms with Gasteiger partial charge < -0.3 is 14.6 Å². The van der Waals surface area contributed by atoms with Crippen molar-refractivity contribution in [2.24, 2.45) is 0 Å². The summed E-state index contributed by atoms with van der Waals surface area (Å²) in [5, 5.41) is 9.95. The zero-order valence-corrected chi connectivity index (χ0v) is 9.52. The lowest BCUT2D eigenvalue weighted by Gasteiger charge is -2.19. The molecule has 2 fully saturated rings. The molecule has 0 amide bonds. The second kappa shape index (κ2) is 5.28. The van der Waals surface area contributed by atoms with Gasteiger partial charge in [-0.2, -0.15) is 0 Å². The Morgan fingerprint density at radius 3 is 2.80 bits per heavy atom. The van der Waals surface area contributed by atoms with Crippen molar-refractivity contribution in [1.82, 2.24) is 0 Å². The van der Waals surface area contributed by atoms with E-state index in [1.165, 1.54) is 6.42 Å². The summed E-state index contributed by atoms with van der Waals surface area (Å²) in [6.45, 7) is 2.98. The van der Waals surface area contributed by atoms with E-state index < -0.39 is 0 Å². The molecule has 2 saturated heterocycles. The molecule has 1 N–H and O–H groups in total. The Morgan fingerprint density at radius 2 is 2.20 bits per heavy atom. The van der Waals surface area contributed by atoms with Gasteiger partial charge in [0, 0.05) is 6.61 Å². The third kappa shape index (κ3) is 3.16. The van der Waals surface area contributed by atoms with Gasteiger partial charge in [-0.1, -0.05) is 0 Å². The average molecular weight is 214 g/mol. The number of rotatable bonds is 4. The lowest BCUT2D eigenvalue weighted by Crippen LogP contribution is -2.27. The molecule has 2 aliphatic rings. The van der Waals surface area contributed by atoms with Crippen LogP contribution in [0.4, 0.5) is 0 Å². The van der Waals surface area contributed by atoms with Gasteiger partial charge in [0.15, 0.2) is 0 Å². The molecular formula is C12H22O3. The molecule has 4 unspecified atom stereocenters. The van der Waals surface area contributed by atoms with Crippen LogP contribution in [0.5, 0.6) is 0 Å². The fourth-order valence-electron chi connectivity index (χ4n) is 2.53. The number of hydrogen-bond acceptors (Lipinski definition) is 3. The first-order valence-electron chi connectivity index (χ1n) is 6.21. The molecule has 0 aromatic heterocycles. The lowest BCUT2D eigenvalue weighted by molar-refractivity contribution is -0.0369. The molecule has 15 heavy (non-hydrogen) atoms. The number of hydrogen-bond donors (Lipinski definition) is 1. The molecule has 0 aliphatic carbocycles. The zero-order chi connectivity index (χ0) is 10.7. The molecule has 3 heteroatoms. The van der Waals surface area contributed by atoms with Gasteiger partial charge in [0.1, 0.15) is 0 Å². The van der Waals surface area contributed by atoms with Crippen molar-refractivity contribution in [3.63, 3.8) is 0 Å². The van der Waals surface area contributed by atoms with Crippen molar-refractivity contribution in [3.8, 4) is 0 Å². The summed E-state index contributed by atoms with van der Waals surface area (Å²) in [5.74, 6) is 0. The van der Waals surface area contributed by atoms with E-state index in [0.717, 1.165) is 38.7 Å². The molecule has 0 bridgehead atoms. The quantitative estimate of drug-likeness (QED) is 0.776. The van der Waals surface area contributed by atoms with Crippen molar-refractivity contribution in [2.45, 2.75) is 69.9 Å². The van der Waals surface area contributed by atoms with E-state index in [2.05, 4.69) is 6.92 Å². The molecule has 88 valence electrons. The van der Waals surface area contributed by atoms with Crippen LogP contribution >= 0.6 is 0 Å². The van der Waals surface area contributed by atoms with E-state index in [-0.39, 0.29) is 12.2 Å². The first kappa shape index (κ1) is 11.4.